The largest absolute Gasteiger partial charge is 0.481 e. The quantitative estimate of drug-likeness (QED) is 0.267. The molecule has 10 heteroatoms. The van der Waals surface area contributed by atoms with E-state index in [0.717, 1.165) is 43.2 Å². The first-order valence-corrected chi connectivity index (χ1v) is 17.1. The van der Waals surface area contributed by atoms with Crippen LogP contribution in [0.1, 0.15) is 106 Å². The Labute approximate surface area is 274 Å². The zero-order valence-corrected chi connectivity index (χ0v) is 28.5. The summed E-state index contributed by atoms with van der Waals surface area (Å²) in [5, 5.41) is 8.83. The van der Waals surface area contributed by atoms with Crippen LogP contribution in [0.4, 0.5) is 0 Å². The number of aromatic nitrogens is 1. The maximum Gasteiger partial charge on any atom is 0.481 e. The zero-order chi connectivity index (χ0) is 33.2. The molecule has 1 aromatic carbocycles. The fourth-order valence-electron chi connectivity index (χ4n) is 7.63. The molecule has 1 aromatic heterocycles. The number of aryl methyl sites for hydroxylation is 2. The highest BCUT2D eigenvalue weighted by Crippen LogP contribution is 2.65. The summed E-state index contributed by atoms with van der Waals surface area (Å²) in [6.45, 7) is 15.0. The van der Waals surface area contributed by atoms with Gasteiger partial charge >= 0.3 is 7.12 Å². The molecule has 0 radical (unpaired) electrons. The van der Waals surface area contributed by atoms with E-state index in [0.29, 0.717) is 23.8 Å². The number of unbranched alkanes of at least 4 members (excludes halogenated alkanes) is 1. The van der Waals surface area contributed by atoms with Crippen LogP contribution in [-0.2, 0) is 20.5 Å². The second-order valence-electron chi connectivity index (χ2n) is 14.8. The van der Waals surface area contributed by atoms with Gasteiger partial charge < -0.3 is 25.3 Å². The second-order valence-corrected chi connectivity index (χ2v) is 14.8. The Bertz CT molecular complexity index is 1400. The Balaban J connectivity index is 1.31. The van der Waals surface area contributed by atoms with Crippen LogP contribution in [0.5, 0.6) is 0 Å². The molecule has 4 fully saturated rings. The van der Waals surface area contributed by atoms with Crippen molar-refractivity contribution in [2.75, 3.05) is 6.54 Å². The van der Waals surface area contributed by atoms with Crippen LogP contribution < -0.4 is 16.0 Å². The highest BCUT2D eigenvalue weighted by atomic mass is 16.7. The van der Waals surface area contributed by atoms with Gasteiger partial charge in [-0.05, 0) is 92.9 Å². The molecular weight excluding hydrogens is 579 g/mol. The second kappa shape index (κ2) is 13.9. The molecule has 6 atom stereocenters. The summed E-state index contributed by atoms with van der Waals surface area (Å²) in [7, 11) is -0.604. The molecule has 3 aliphatic carbocycles. The average Bonchev–Trinajstić information content (AvgIpc) is 3.39. The van der Waals surface area contributed by atoms with Crippen molar-refractivity contribution in [1.29, 1.82) is 0 Å². The van der Waals surface area contributed by atoms with Gasteiger partial charge in [-0.3, -0.25) is 19.4 Å². The fourth-order valence-corrected chi connectivity index (χ4v) is 7.63. The molecular formula is C36H51BN4O5. The van der Waals surface area contributed by atoms with E-state index in [9.17, 15) is 14.4 Å². The number of hydrogen-bond acceptors (Lipinski definition) is 6. The van der Waals surface area contributed by atoms with Gasteiger partial charge in [0.25, 0.3) is 11.8 Å². The molecule has 46 heavy (non-hydrogen) atoms. The SMILES string of the molecule is CCCCc1ccc(C(=O)N[C@@H](CNC(=O)c2ccc(C)cc2)C(=O)N[C@@H](CC(C)C)B2O[C@@H]3C[C@@H]4C[C@@H](C4(C)C)[C@]3(C)O2)nc1. The van der Waals surface area contributed by atoms with Crippen molar-refractivity contribution in [3.63, 3.8) is 0 Å². The predicted octanol–water partition coefficient (Wildman–Crippen LogP) is 5.06. The standard InChI is InChI=1S/C36H51BN4O5/c1-8-9-10-24-13-16-27(38-20-24)33(43)40-28(21-39-32(42)25-14-11-23(4)12-15-25)34(44)41-31(17-22(2)3)37-45-30-19-26-18-29(35(26,5)6)36(30,7)46-37/h11-16,20,22,26,28-31H,8-10,17-19,21H2,1-7H3,(H,39,42)(H,40,43)(H,41,44)/t26-,28-,29-,30+,31-,36-/m0/s1. The van der Waals surface area contributed by atoms with Crippen molar-refractivity contribution < 1.29 is 23.7 Å². The lowest BCUT2D eigenvalue weighted by Gasteiger charge is -2.64. The van der Waals surface area contributed by atoms with Gasteiger partial charge in [0.05, 0.1) is 17.6 Å². The highest BCUT2D eigenvalue weighted by molar-refractivity contribution is 6.48. The Kier molecular flexibility index (Phi) is 10.3. The van der Waals surface area contributed by atoms with Crippen LogP contribution in [-0.4, -0.2) is 60.1 Å². The van der Waals surface area contributed by atoms with Crippen LogP contribution in [0.15, 0.2) is 42.6 Å². The molecule has 248 valence electrons. The number of rotatable bonds is 13. The van der Waals surface area contributed by atoms with Gasteiger partial charge in [-0.2, -0.15) is 0 Å². The number of amides is 3. The summed E-state index contributed by atoms with van der Waals surface area (Å²) in [5.41, 5.74) is 2.57. The Morgan fingerprint density at radius 2 is 1.76 bits per heavy atom. The minimum Gasteiger partial charge on any atom is -0.404 e. The van der Waals surface area contributed by atoms with E-state index >= 15 is 0 Å². The molecule has 3 saturated carbocycles. The number of carbonyl (C=O) groups is 3. The van der Waals surface area contributed by atoms with Gasteiger partial charge in [0.2, 0.25) is 5.91 Å². The van der Waals surface area contributed by atoms with E-state index in [1.807, 2.05) is 25.1 Å². The smallest absolute Gasteiger partial charge is 0.404 e. The molecule has 2 bridgehead atoms. The lowest BCUT2D eigenvalue weighted by atomic mass is 9.43. The first kappa shape index (κ1) is 34.1. The number of carbonyl (C=O) groups excluding carboxylic acids is 3. The minimum absolute atomic E-state index is 0.0171. The average molecular weight is 631 g/mol. The predicted molar refractivity (Wildman–Crippen MR) is 179 cm³/mol. The topological polar surface area (TPSA) is 119 Å². The molecule has 1 aliphatic heterocycles. The van der Waals surface area contributed by atoms with Gasteiger partial charge in [0.15, 0.2) is 0 Å². The minimum atomic E-state index is -1.05. The summed E-state index contributed by atoms with van der Waals surface area (Å²) >= 11 is 0. The fraction of sp³-hybridized carbons (Fsp3) is 0.611. The maximum atomic E-state index is 14.0. The van der Waals surface area contributed by atoms with Crippen molar-refractivity contribution in [3.05, 3.63) is 65.0 Å². The van der Waals surface area contributed by atoms with Crippen molar-refractivity contribution in [3.8, 4) is 0 Å². The van der Waals surface area contributed by atoms with Crippen LogP contribution in [0, 0.1) is 30.1 Å². The van der Waals surface area contributed by atoms with Gasteiger partial charge in [0, 0.05) is 18.3 Å². The van der Waals surface area contributed by atoms with Crippen molar-refractivity contribution in [1.82, 2.24) is 20.9 Å². The molecule has 2 heterocycles. The van der Waals surface area contributed by atoms with E-state index in [1.165, 1.54) is 0 Å². The third kappa shape index (κ3) is 7.18. The van der Waals surface area contributed by atoms with E-state index in [4.69, 9.17) is 9.31 Å². The summed E-state index contributed by atoms with van der Waals surface area (Å²) in [6.07, 6.45) is 7.42. The summed E-state index contributed by atoms with van der Waals surface area (Å²) in [5.74, 6) is -0.400. The zero-order valence-electron chi connectivity index (χ0n) is 28.5. The number of nitrogens with zero attached hydrogens (tertiary/aromatic N) is 1. The summed E-state index contributed by atoms with van der Waals surface area (Å²) < 4.78 is 13.3. The maximum absolute atomic E-state index is 14.0. The third-order valence-corrected chi connectivity index (χ3v) is 10.6. The van der Waals surface area contributed by atoms with Gasteiger partial charge in [-0.25, -0.2) is 0 Å². The molecule has 2 aromatic rings. The van der Waals surface area contributed by atoms with Crippen LogP contribution in [0.25, 0.3) is 0 Å². The van der Waals surface area contributed by atoms with E-state index in [2.05, 4.69) is 62.5 Å². The first-order chi connectivity index (χ1) is 21.8. The van der Waals surface area contributed by atoms with Crippen LogP contribution >= 0.6 is 0 Å². The molecule has 0 unspecified atom stereocenters. The lowest BCUT2D eigenvalue weighted by Crippen LogP contribution is -2.65. The molecule has 4 aliphatic rings. The number of pyridine rings is 1. The van der Waals surface area contributed by atoms with Gasteiger partial charge in [-0.15, -0.1) is 0 Å². The Morgan fingerprint density at radius 1 is 1.02 bits per heavy atom. The highest BCUT2D eigenvalue weighted by Gasteiger charge is 2.68. The number of benzene rings is 1. The van der Waals surface area contributed by atoms with Gasteiger partial charge in [-0.1, -0.05) is 64.8 Å². The number of hydrogen-bond donors (Lipinski definition) is 3. The molecule has 9 nitrogen and oxygen atoms in total. The normalized spacial score (nSPS) is 25.7. The van der Waals surface area contributed by atoms with Crippen molar-refractivity contribution in [2.24, 2.45) is 23.2 Å². The van der Waals surface area contributed by atoms with E-state index in [-0.39, 0.29) is 35.6 Å². The monoisotopic (exact) mass is 630 g/mol. The van der Waals surface area contributed by atoms with Crippen molar-refractivity contribution >= 4 is 24.8 Å². The Morgan fingerprint density at radius 3 is 2.39 bits per heavy atom. The Hall–Kier alpha value is -3.24. The molecule has 6 rings (SSSR count). The van der Waals surface area contributed by atoms with Crippen LogP contribution in [0.2, 0.25) is 0 Å². The van der Waals surface area contributed by atoms with E-state index in [1.54, 1.807) is 24.4 Å². The molecule has 3 amide bonds. The lowest BCUT2D eigenvalue weighted by molar-refractivity contribution is -0.199. The van der Waals surface area contributed by atoms with E-state index < -0.39 is 36.5 Å². The number of nitrogens with one attached hydrogen (secondary N) is 3. The summed E-state index contributed by atoms with van der Waals surface area (Å²) in [6, 6.07) is 9.71. The molecule has 3 N–H and O–H groups in total. The summed E-state index contributed by atoms with van der Waals surface area (Å²) in [4.78, 5) is 44.7. The molecule has 0 spiro atoms. The third-order valence-electron chi connectivity index (χ3n) is 10.6. The van der Waals surface area contributed by atoms with Crippen LogP contribution in [0.3, 0.4) is 0 Å². The molecule has 1 saturated heterocycles. The van der Waals surface area contributed by atoms with Crippen molar-refractivity contribution in [2.45, 2.75) is 111 Å². The first-order valence-electron chi connectivity index (χ1n) is 17.1. The van der Waals surface area contributed by atoms with Gasteiger partial charge in [0.1, 0.15) is 11.7 Å².